The van der Waals surface area contributed by atoms with Gasteiger partial charge in [-0.1, -0.05) is 26.8 Å². The van der Waals surface area contributed by atoms with Crippen molar-refractivity contribution in [1.82, 2.24) is 14.9 Å². The number of hydrogen-bond donors (Lipinski definition) is 2. The first-order chi connectivity index (χ1) is 13.6. The third kappa shape index (κ3) is 4.47. The van der Waals surface area contributed by atoms with Gasteiger partial charge in [0, 0.05) is 31.3 Å². The second-order valence-electron chi connectivity index (χ2n) is 7.92. The van der Waals surface area contributed by atoms with Gasteiger partial charge in [-0.2, -0.15) is 0 Å². The summed E-state index contributed by atoms with van der Waals surface area (Å²) in [5.41, 5.74) is 1.30. The molecule has 154 valence electrons. The number of benzene rings is 2. The average Bonchev–Trinajstić information content (AvgIpc) is 2.90. The summed E-state index contributed by atoms with van der Waals surface area (Å²) in [5.74, 6) is -1.91. The molecule has 0 aliphatic rings. The molecule has 0 unspecified atom stereocenters. The summed E-state index contributed by atoms with van der Waals surface area (Å²) in [6.07, 6.45) is 0. The van der Waals surface area contributed by atoms with Gasteiger partial charge in [-0.15, -0.1) is 0 Å². The van der Waals surface area contributed by atoms with Crippen molar-refractivity contribution in [2.75, 3.05) is 6.61 Å². The fourth-order valence-electron chi connectivity index (χ4n) is 3.14. The van der Waals surface area contributed by atoms with E-state index >= 15 is 0 Å². The van der Waals surface area contributed by atoms with Crippen LogP contribution in [0, 0.1) is 11.6 Å². The summed E-state index contributed by atoms with van der Waals surface area (Å²) in [4.78, 5) is 26.4. The number of fused-ring (bicyclic) bond motifs is 1. The minimum absolute atomic E-state index is 0.0244. The van der Waals surface area contributed by atoms with Crippen molar-refractivity contribution in [3.05, 3.63) is 63.6 Å². The van der Waals surface area contributed by atoms with Gasteiger partial charge in [-0.3, -0.25) is 9.36 Å². The number of hydrogen-bond acceptors (Lipinski definition) is 3. The number of amides is 1. The quantitative estimate of drug-likeness (QED) is 0.687. The number of carbonyl (C=O) groups excluding carboxylic acids is 1. The van der Waals surface area contributed by atoms with Crippen LogP contribution in [0.4, 0.5) is 8.78 Å². The van der Waals surface area contributed by atoms with Gasteiger partial charge < -0.3 is 15.0 Å². The summed E-state index contributed by atoms with van der Waals surface area (Å²) in [6.45, 7) is 4.99. The molecule has 0 saturated carbocycles. The summed E-state index contributed by atoms with van der Waals surface area (Å²) in [5, 5.41) is 2.67. The molecule has 1 heterocycles. The molecule has 1 aromatic heterocycles. The van der Waals surface area contributed by atoms with E-state index in [9.17, 15) is 18.4 Å². The van der Waals surface area contributed by atoms with Gasteiger partial charge in [0.05, 0.1) is 11.0 Å². The number of carbonyl (C=O) groups is 1. The van der Waals surface area contributed by atoms with Gasteiger partial charge in [-0.25, -0.2) is 13.6 Å². The highest BCUT2D eigenvalue weighted by Crippen LogP contribution is 2.30. The molecule has 6 nitrogen and oxygen atoms in total. The number of aromatic amines is 1. The standard InChI is InChI=1S/C21H23F2N3O3/c1-21(2,3)19-14(22)8-13(9-15(19)23)29-11-18(27)24-10-12-5-6-17-16(7-12)25-20(28)26(17)4/h5-9H,10-11H2,1-4H3,(H,24,27)(H,25,28). The number of imidazole rings is 1. The molecule has 0 saturated heterocycles. The molecule has 29 heavy (non-hydrogen) atoms. The van der Waals surface area contributed by atoms with Crippen LogP contribution in [0.5, 0.6) is 5.75 Å². The maximum Gasteiger partial charge on any atom is 0.326 e. The SMILES string of the molecule is Cn1c(=O)[nH]c2cc(CNC(=O)COc3cc(F)c(C(C)(C)C)c(F)c3)ccc21. The number of halogens is 2. The lowest BCUT2D eigenvalue weighted by Gasteiger charge is -2.21. The smallest absolute Gasteiger partial charge is 0.326 e. The summed E-state index contributed by atoms with van der Waals surface area (Å²) in [7, 11) is 1.67. The van der Waals surface area contributed by atoms with Crippen molar-refractivity contribution >= 4 is 16.9 Å². The van der Waals surface area contributed by atoms with Crippen LogP contribution in [-0.4, -0.2) is 22.1 Å². The largest absolute Gasteiger partial charge is 0.484 e. The molecule has 2 N–H and O–H groups in total. The maximum atomic E-state index is 14.2. The molecular formula is C21H23F2N3O3. The van der Waals surface area contributed by atoms with E-state index in [0.717, 1.165) is 23.2 Å². The highest BCUT2D eigenvalue weighted by Gasteiger charge is 2.24. The van der Waals surface area contributed by atoms with Crippen molar-refractivity contribution in [2.45, 2.75) is 32.7 Å². The van der Waals surface area contributed by atoms with Gasteiger partial charge in [0.1, 0.15) is 17.4 Å². The van der Waals surface area contributed by atoms with Crippen LogP contribution in [0.2, 0.25) is 0 Å². The van der Waals surface area contributed by atoms with Crippen LogP contribution in [0.25, 0.3) is 11.0 Å². The Morgan fingerprint density at radius 3 is 2.45 bits per heavy atom. The second kappa shape index (κ2) is 7.69. The van der Waals surface area contributed by atoms with E-state index in [1.165, 1.54) is 4.57 Å². The van der Waals surface area contributed by atoms with Crippen LogP contribution in [-0.2, 0) is 23.8 Å². The van der Waals surface area contributed by atoms with Gasteiger partial charge in [0.25, 0.3) is 5.91 Å². The summed E-state index contributed by atoms with van der Waals surface area (Å²) >= 11 is 0. The molecule has 0 radical (unpaired) electrons. The van der Waals surface area contributed by atoms with Crippen molar-refractivity contribution < 1.29 is 18.3 Å². The number of H-pyrrole nitrogens is 1. The van der Waals surface area contributed by atoms with Gasteiger partial charge in [0.2, 0.25) is 0 Å². The number of nitrogens with zero attached hydrogens (tertiary/aromatic N) is 1. The second-order valence-corrected chi connectivity index (χ2v) is 7.92. The van der Waals surface area contributed by atoms with Crippen LogP contribution in [0.15, 0.2) is 35.1 Å². The number of nitrogens with one attached hydrogen (secondary N) is 2. The van der Waals surface area contributed by atoms with Crippen LogP contribution in [0.3, 0.4) is 0 Å². The zero-order valence-corrected chi connectivity index (χ0v) is 16.7. The lowest BCUT2D eigenvalue weighted by Crippen LogP contribution is -2.28. The van der Waals surface area contributed by atoms with Gasteiger partial charge in [0.15, 0.2) is 6.61 Å². The molecular weight excluding hydrogens is 380 g/mol. The van der Waals surface area contributed by atoms with Gasteiger partial charge in [-0.05, 0) is 23.1 Å². The van der Waals surface area contributed by atoms with E-state index < -0.39 is 23.0 Å². The van der Waals surface area contributed by atoms with E-state index in [1.807, 2.05) is 0 Å². The maximum absolute atomic E-state index is 14.2. The normalized spacial score (nSPS) is 11.7. The third-order valence-corrected chi connectivity index (χ3v) is 4.59. The molecule has 0 aliphatic carbocycles. The molecule has 3 aromatic rings. The molecule has 8 heteroatoms. The fraction of sp³-hybridized carbons (Fsp3) is 0.333. The van der Waals surface area contributed by atoms with E-state index in [-0.39, 0.29) is 30.2 Å². The zero-order chi connectivity index (χ0) is 21.3. The molecule has 2 aromatic carbocycles. The molecule has 0 aliphatic heterocycles. The lowest BCUT2D eigenvalue weighted by molar-refractivity contribution is -0.123. The molecule has 3 rings (SSSR count). The lowest BCUT2D eigenvalue weighted by atomic mass is 9.86. The zero-order valence-electron chi connectivity index (χ0n) is 16.7. The average molecular weight is 403 g/mol. The third-order valence-electron chi connectivity index (χ3n) is 4.59. The Morgan fingerprint density at radius 2 is 1.83 bits per heavy atom. The fourth-order valence-corrected chi connectivity index (χ4v) is 3.14. The Morgan fingerprint density at radius 1 is 1.17 bits per heavy atom. The molecule has 1 amide bonds. The molecule has 0 spiro atoms. The minimum Gasteiger partial charge on any atom is -0.484 e. The van der Waals surface area contributed by atoms with E-state index in [2.05, 4.69) is 10.3 Å². The van der Waals surface area contributed by atoms with Crippen molar-refractivity contribution in [3.63, 3.8) is 0 Å². The predicted octanol–water partition coefficient (Wildman–Crippen LogP) is 3.14. The van der Waals surface area contributed by atoms with Crippen molar-refractivity contribution in [1.29, 1.82) is 0 Å². The van der Waals surface area contributed by atoms with E-state index in [1.54, 1.807) is 46.0 Å². The first-order valence-corrected chi connectivity index (χ1v) is 9.13. The van der Waals surface area contributed by atoms with Crippen LogP contribution >= 0.6 is 0 Å². The van der Waals surface area contributed by atoms with Crippen molar-refractivity contribution in [2.24, 2.45) is 7.05 Å². The first-order valence-electron chi connectivity index (χ1n) is 9.13. The summed E-state index contributed by atoms with van der Waals surface area (Å²) < 4.78 is 35.1. The predicted molar refractivity (Wildman–Crippen MR) is 106 cm³/mol. The monoisotopic (exact) mass is 403 g/mol. The van der Waals surface area contributed by atoms with E-state index in [0.29, 0.717) is 5.52 Å². The number of ether oxygens (including phenoxy) is 1. The van der Waals surface area contributed by atoms with Crippen molar-refractivity contribution in [3.8, 4) is 5.75 Å². The van der Waals surface area contributed by atoms with Gasteiger partial charge >= 0.3 is 5.69 Å². The van der Waals surface area contributed by atoms with E-state index in [4.69, 9.17) is 4.74 Å². The van der Waals surface area contributed by atoms with Crippen LogP contribution < -0.4 is 15.7 Å². The molecule has 0 bridgehead atoms. The molecule has 0 atom stereocenters. The first kappa shape index (κ1) is 20.6. The number of rotatable bonds is 5. The Hall–Kier alpha value is -3.16. The highest BCUT2D eigenvalue weighted by atomic mass is 19.1. The molecule has 0 fully saturated rings. The van der Waals surface area contributed by atoms with Crippen LogP contribution in [0.1, 0.15) is 31.9 Å². The Kier molecular flexibility index (Phi) is 5.46. The highest BCUT2D eigenvalue weighted by molar-refractivity contribution is 5.78. The minimum atomic E-state index is -0.710. The number of aryl methyl sites for hydroxylation is 1. The number of aromatic nitrogens is 2. The Bertz CT molecular complexity index is 1100. The topological polar surface area (TPSA) is 76.1 Å². The Balaban J connectivity index is 1.60. The summed E-state index contributed by atoms with van der Waals surface area (Å²) in [6, 6.07) is 7.52. The Labute approximate surface area is 166 Å².